The van der Waals surface area contributed by atoms with E-state index in [1.54, 1.807) is 0 Å². The zero-order valence-corrected chi connectivity index (χ0v) is 9.13. The van der Waals surface area contributed by atoms with Crippen molar-refractivity contribution in [3.63, 3.8) is 0 Å². The molecule has 0 atom stereocenters. The molecule has 0 heterocycles. The lowest BCUT2D eigenvalue weighted by atomic mass is 10.1. The maximum absolute atomic E-state index is 12.0. The Bertz CT molecular complexity index is 327. The van der Waals surface area contributed by atoms with E-state index in [4.69, 9.17) is 0 Å². The van der Waals surface area contributed by atoms with E-state index in [1.807, 2.05) is 6.92 Å². The van der Waals surface area contributed by atoms with Crippen molar-refractivity contribution in [2.45, 2.75) is 33.0 Å². The largest absolute Gasteiger partial charge is 0.435 e. The molecule has 2 nitrogen and oxygen atoms in total. The SMILES string of the molecule is CCCc1cc(OC(F)F)cc(OC(F)F)c1. The Morgan fingerprint density at radius 3 is 1.76 bits per heavy atom. The lowest BCUT2D eigenvalue weighted by molar-refractivity contribution is -0.0543. The number of aryl methyl sites for hydroxylation is 1. The predicted molar refractivity (Wildman–Crippen MR) is 53.7 cm³/mol. The smallest absolute Gasteiger partial charge is 0.387 e. The van der Waals surface area contributed by atoms with E-state index in [0.717, 1.165) is 12.5 Å². The minimum atomic E-state index is -2.99. The first-order valence-electron chi connectivity index (χ1n) is 5.05. The summed E-state index contributed by atoms with van der Waals surface area (Å²) in [5.74, 6) is -0.358. The summed E-state index contributed by atoms with van der Waals surface area (Å²) in [6.45, 7) is -4.11. The number of alkyl halides is 4. The van der Waals surface area contributed by atoms with Gasteiger partial charge < -0.3 is 9.47 Å². The molecule has 6 heteroatoms. The standard InChI is InChI=1S/C11H12F4O2/c1-2-3-7-4-8(16-10(12)13)6-9(5-7)17-11(14)15/h4-6,10-11H,2-3H2,1H3. The topological polar surface area (TPSA) is 18.5 Å². The van der Waals surface area contributed by atoms with Crippen LogP contribution in [0.5, 0.6) is 11.5 Å². The van der Waals surface area contributed by atoms with Gasteiger partial charge in [0.05, 0.1) is 0 Å². The molecule has 1 aromatic carbocycles. The summed E-state index contributed by atoms with van der Waals surface area (Å²) in [6.07, 6.45) is 1.33. The van der Waals surface area contributed by atoms with Gasteiger partial charge in [-0.15, -0.1) is 0 Å². The van der Waals surface area contributed by atoms with Gasteiger partial charge in [-0.3, -0.25) is 0 Å². The van der Waals surface area contributed by atoms with Crippen LogP contribution in [0, 0.1) is 0 Å². The van der Waals surface area contributed by atoms with Crippen LogP contribution in [-0.2, 0) is 6.42 Å². The molecule has 0 saturated heterocycles. The minimum absolute atomic E-state index is 0.179. The van der Waals surface area contributed by atoms with Gasteiger partial charge in [-0.2, -0.15) is 17.6 Å². The summed E-state index contributed by atoms with van der Waals surface area (Å²) in [5, 5.41) is 0. The Labute approximate surface area is 96.1 Å². The van der Waals surface area contributed by atoms with Crippen LogP contribution in [0.4, 0.5) is 17.6 Å². The highest BCUT2D eigenvalue weighted by Gasteiger charge is 2.10. The van der Waals surface area contributed by atoms with Crippen LogP contribution in [0.1, 0.15) is 18.9 Å². The van der Waals surface area contributed by atoms with Gasteiger partial charge in [0.25, 0.3) is 0 Å². The third-order valence-corrected chi connectivity index (χ3v) is 1.93. The minimum Gasteiger partial charge on any atom is -0.435 e. The highest BCUT2D eigenvalue weighted by atomic mass is 19.3. The van der Waals surface area contributed by atoms with Gasteiger partial charge in [-0.1, -0.05) is 13.3 Å². The Balaban J connectivity index is 2.91. The zero-order valence-electron chi connectivity index (χ0n) is 9.13. The van der Waals surface area contributed by atoms with Gasteiger partial charge in [-0.25, -0.2) is 0 Å². The van der Waals surface area contributed by atoms with Crippen molar-refractivity contribution in [2.24, 2.45) is 0 Å². The van der Waals surface area contributed by atoms with Crippen molar-refractivity contribution in [2.75, 3.05) is 0 Å². The average molecular weight is 252 g/mol. The summed E-state index contributed by atoms with van der Waals surface area (Å²) >= 11 is 0. The maximum Gasteiger partial charge on any atom is 0.387 e. The van der Waals surface area contributed by atoms with E-state index in [2.05, 4.69) is 9.47 Å². The fraction of sp³-hybridized carbons (Fsp3) is 0.455. The number of hydrogen-bond acceptors (Lipinski definition) is 2. The van der Waals surface area contributed by atoms with Crippen molar-refractivity contribution in [3.05, 3.63) is 23.8 Å². The number of ether oxygens (including phenoxy) is 2. The van der Waals surface area contributed by atoms with Crippen LogP contribution >= 0.6 is 0 Å². The molecule has 0 aromatic heterocycles. The highest BCUT2D eigenvalue weighted by Crippen LogP contribution is 2.26. The number of halogens is 4. The first kappa shape index (κ1) is 13.6. The van der Waals surface area contributed by atoms with E-state index in [1.165, 1.54) is 12.1 Å². The molecule has 1 aromatic rings. The van der Waals surface area contributed by atoms with E-state index in [-0.39, 0.29) is 11.5 Å². The summed E-state index contributed by atoms with van der Waals surface area (Å²) in [4.78, 5) is 0. The summed E-state index contributed by atoms with van der Waals surface area (Å²) in [6, 6.07) is 3.78. The Morgan fingerprint density at radius 1 is 0.941 bits per heavy atom. The molecule has 0 N–H and O–H groups in total. The van der Waals surface area contributed by atoms with E-state index < -0.39 is 13.2 Å². The molecule has 0 radical (unpaired) electrons. The zero-order chi connectivity index (χ0) is 12.8. The number of hydrogen-bond donors (Lipinski definition) is 0. The third kappa shape index (κ3) is 4.93. The van der Waals surface area contributed by atoms with Crippen LogP contribution in [0.25, 0.3) is 0 Å². The predicted octanol–water partition coefficient (Wildman–Crippen LogP) is 3.84. The van der Waals surface area contributed by atoms with Crippen LogP contribution < -0.4 is 9.47 Å². The van der Waals surface area contributed by atoms with Crippen molar-refractivity contribution >= 4 is 0 Å². The lowest BCUT2D eigenvalue weighted by Crippen LogP contribution is -2.05. The number of rotatable bonds is 6. The fourth-order valence-corrected chi connectivity index (χ4v) is 1.41. The molecule has 1 rings (SSSR count). The van der Waals surface area contributed by atoms with Gasteiger partial charge in [0.1, 0.15) is 11.5 Å². The highest BCUT2D eigenvalue weighted by molar-refractivity contribution is 5.38. The fourth-order valence-electron chi connectivity index (χ4n) is 1.41. The normalized spacial score (nSPS) is 11.0. The molecule has 0 aliphatic rings. The maximum atomic E-state index is 12.0. The van der Waals surface area contributed by atoms with E-state index in [0.29, 0.717) is 12.0 Å². The first-order chi connectivity index (χ1) is 8.01. The second kappa shape index (κ2) is 6.32. The van der Waals surface area contributed by atoms with Crippen LogP contribution in [0.15, 0.2) is 18.2 Å². The molecule has 0 amide bonds. The van der Waals surface area contributed by atoms with Gasteiger partial charge in [0, 0.05) is 6.07 Å². The van der Waals surface area contributed by atoms with Crippen molar-refractivity contribution in [3.8, 4) is 11.5 Å². The van der Waals surface area contributed by atoms with Crippen LogP contribution in [0.3, 0.4) is 0 Å². The second-order valence-electron chi connectivity index (χ2n) is 3.32. The molecule has 17 heavy (non-hydrogen) atoms. The molecule has 0 spiro atoms. The average Bonchev–Trinajstić information content (AvgIpc) is 2.14. The lowest BCUT2D eigenvalue weighted by Gasteiger charge is -2.10. The van der Waals surface area contributed by atoms with E-state index in [9.17, 15) is 17.6 Å². The quantitative estimate of drug-likeness (QED) is 0.716. The molecule has 0 fully saturated rings. The van der Waals surface area contributed by atoms with E-state index >= 15 is 0 Å². The van der Waals surface area contributed by atoms with Gasteiger partial charge in [0.15, 0.2) is 0 Å². The van der Waals surface area contributed by atoms with Gasteiger partial charge >= 0.3 is 13.2 Å². The monoisotopic (exact) mass is 252 g/mol. The molecular weight excluding hydrogens is 240 g/mol. The molecule has 0 aliphatic carbocycles. The van der Waals surface area contributed by atoms with Crippen LogP contribution in [-0.4, -0.2) is 13.2 Å². The van der Waals surface area contributed by atoms with Crippen molar-refractivity contribution in [1.82, 2.24) is 0 Å². The molecular formula is C11H12F4O2. The van der Waals surface area contributed by atoms with Crippen molar-refractivity contribution < 1.29 is 27.0 Å². The molecule has 0 unspecified atom stereocenters. The van der Waals surface area contributed by atoms with Gasteiger partial charge in [-0.05, 0) is 24.1 Å². The van der Waals surface area contributed by atoms with Crippen LogP contribution in [0.2, 0.25) is 0 Å². The molecule has 96 valence electrons. The molecule has 0 saturated carbocycles. The Morgan fingerprint density at radius 2 is 1.41 bits per heavy atom. The molecule has 0 aliphatic heterocycles. The summed E-state index contributed by atoms with van der Waals surface area (Å²) in [7, 11) is 0. The van der Waals surface area contributed by atoms with Gasteiger partial charge in [0.2, 0.25) is 0 Å². The summed E-state index contributed by atoms with van der Waals surface area (Å²) in [5.41, 5.74) is 0.612. The summed E-state index contributed by atoms with van der Waals surface area (Å²) < 4.78 is 56.4. The molecule has 0 bridgehead atoms. The number of benzene rings is 1. The Hall–Kier alpha value is -1.46. The second-order valence-corrected chi connectivity index (χ2v) is 3.32. The Kier molecular flexibility index (Phi) is 5.06. The first-order valence-corrected chi connectivity index (χ1v) is 5.05. The third-order valence-electron chi connectivity index (χ3n) is 1.93. The van der Waals surface area contributed by atoms with Crippen molar-refractivity contribution in [1.29, 1.82) is 0 Å².